The summed E-state index contributed by atoms with van der Waals surface area (Å²) in [5.41, 5.74) is 16.6. The average Bonchev–Trinajstić information content (AvgIpc) is 3.27. The first-order valence-electron chi connectivity index (χ1n) is 9.19. The van der Waals surface area contributed by atoms with E-state index in [0.717, 1.165) is 0 Å². The molecule has 3 heterocycles. The third-order valence-corrected chi connectivity index (χ3v) is 5.55. The van der Waals surface area contributed by atoms with Gasteiger partial charge in [-0.2, -0.15) is 8.42 Å². The van der Waals surface area contributed by atoms with Gasteiger partial charge >= 0.3 is 10.3 Å². The lowest BCUT2D eigenvalue weighted by Gasteiger charge is -2.16. The van der Waals surface area contributed by atoms with Crippen LogP contribution in [0.1, 0.15) is 19.1 Å². The Balaban J connectivity index is 1.62. The molecule has 176 valence electrons. The Kier molecular flexibility index (Phi) is 6.86. The Morgan fingerprint density at radius 3 is 2.69 bits per heavy atom. The van der Waals surface area contributed by atoms with E-state index in [1.807, 2.05) is 0 Å². The van der Waals surface area contributed by atoms with Crippen molar-refractivity contribution in [3.05, 3.63) is 12.7 Å². The largest absolute Gasteiger partial charge is 0.387 e. The molecule has 32 heavy (non-hydrogen) atoms. The maximum Gasteiger partial charge on any atom is 0.362 e. The summed E-state index contributed by atoms with van der Waals surface area (Å²) in [6.45, 7) is -0.738. The number of aliphatic hydroxyl groups excluding tert-OH is 2. The number of carbonyl (C=O) groups is 2. The third kappa shape index (κ3) is 5.09. The number of carbonyl (C=O) groups excluding carboxylic acids is 2. The summed E-state index contributed by atoms with van der Waals surface area (Å²) in [6, 6.07) is -1.32. The Hall–Kier alpha value is -2.96. The highest BCUT2D eigenvalue weighted by Crippen LogP contribution is 2.32. The summed E-state index contributed by atoms with van der Waals surface area (Å²) >= 11 is 0. The van der Waals surface area contributed by atoms with Gasteiger partial charge in [0.25, 0.3) is 5.91 Å². The number of anilines is 1. The number of ether oxygens (including phenoxy) is 1. The fourth-order valence-electron chi connectivity index (χ4n) is 2.97. The fourth-order valence-corrected chi connectivity index (χ4v) is 3.74. The van der Waals surface area contributed by atoms with Crippen molar-refractivity contribution in [1.29, 1.82) is 0 Å². The summed E-state index contributed by atoms with van der Waals surface area (Å²) in [6.07, 6.45) is -3.43. The average molecular weight is 474 g/mol. The summed E-state index contributed by atoms with van der Waals surface area (Å²) in [5.74, 6) is -1.72. The van der Waals surface area contributed by atoms with Gasteiger partial charge in [0.15, 0.2) is 17.7 Å². The molecular formula is C15H22N8O8S. The number of rotatable bonds is 9. The smallest absolute Gasteiger partial charge is 0.362 e. The van der Waals surface area contributed by atoms with Crippen molar-refractivity contribution >= 4 is 39.1 Å². The van der Waals surface area contributed by atoms with Crippen LogP contribution in [0.5, 0.6) is 0 Å². The number of aromatic nitrogens is 4. The lowest BCUT2D eigenvalue weighted by Crippen LogP contribution is -2.45. The molecule has 0 bridgehead atoms. The van der Waals surface area contributed by atoms with Gasteiger partial charge in [-0.1, -0.05) is 0 Å². The van der Waals surface area contributed by atoms with Crippen molar-refractivity contribution in [1.82, 2.24) is 24.2 Å². The zero-order valence-electron chi connectivity index (χ0n) is 16.4. The van der Waals surface area contributed by atoms with E-state index in [1.54, 1.807) is 4.72 Å². The Bertz CT molecular complexity index is 1110. The molecule has 1 unspecified atom stereocenters. The van der Waals surface area contributed by atoms with Crippen LogP contribution in [0.2, 0.25) is 0 Å². The van der Waals surface area contributed by atoms with Crippen LogP contribution in [0, 0.1) is 0 Å². The molecule has 0 aromatic carbocycles. The summed E-state index contributed by atoms with van der Waals surface area (Å²) in [7, 11) is -4.63. The van der Waals surface area contributed by atoms with Gasteiger partial charge in [-0.25, -0.2) is 19.7 Å². The molecule has 1 fully saturated rings. The van der Waals surface area contributed by atoms with Crippen LogP contribution in [-0.2, 0) is 28.8 Å². The number of nitrogens with two attached hydrogens (primary N) is 3. The minimum absolute atomic E-state index is 0.0949. The number of fused-ring (bicyclic) bond motifs is 1. The quantitative estimate of drug-likeness (QED) is 0.203. The minimum atomic E-state index is -4.63. The Labute approximate surface area is 181 Å². The molecule has 1 aliphatic heterocycles. The number of primary amides is 1. The molecule has 0 radical (unpaired) electrons. The van der Waals surface area contributed by atoms with Crippen molar-refractivity contribution in [3.8, 4) is 0 Å². The molecule has 0 saturated carbocycles. The third-order valence-electron chi connectivity index (χ3n) is 4.65. The molecule has 2 aromatic rings. The van der Waals surface area contributed by atoms with Crippen LogP contribution in [0.15, 0.2) is 12.7 Å². The van der Waals surface area contributed by atoms with Crippen LogP contribution in [0.25, 0.3) is 11.2 Å². The van der Waals surface area contributed by atoms with Crippen molar-refractivity contribution in [2.75, 3.05) is 12.3 Å². The van der Waals surface area contributed by atoms with E-state index in [1.165, 1.54) is 17.2 Å². The van der Waals surface area contributed by atoms with E-state index in [2.05, 4.69) is 19.1 Å². The summed E-state index contributed by atoms with van der Waals surface area (Å²) in [4.78, 5) is 34.4. The van der Waals surface area contributed by atoms with Crippen molar-refractivity contribution in [3.63, 3.8) is 0 Å². The normalized spacial score (nSPS) is 24.5. The van der Waals surface area contributed by atoms with E-state index >= 15 is 0 Å². The van der Waals surface area contributed by atoms with Crippen LogP contribution in [0.4, 0.5) is 5.82 Å². The second kappa shape index (κ2) is 9.27. The van der Waals surface area contributed by atoms with Crippen LogP contribution >= 0.6 is 0 Å². The van der Waals surface area contributed by atoms with Crippen LogP contribution < -0.4 is 21.9 Å². The van der Waals surface area contributed by atoms with Gasteiger partial charge < -0.3 is 32.2 Å². The summed E-state index contributed by atoms with van der Waals surface area (Å²) < 4.78 is 37.1. The molecule has 2 amide bonds. The predicted molar refractivity (Wildman–Crippen MR) is 105 cm³/mol. The van der Waals surface area contributed by atoms with Gasteiger partial charge in [-0.05, 0) is 6.42 Å². The number of nitrogens with zero attached hydrogens (tertiary/aromatic N) is 4. The lowest BCUT2D eigenvalue weighted by atomic mass is 10.1. The molecule has 1 aliphatic rings. The first kappa shape index (κ1) is 23.7. The fraction of sp³-hybridized carbons (Fsp3) is 0.533. The van der Waals surface area contributed by atoms with E-state index in [9.17, 15) is 28.2 Å². The van der Waals surface area contributed by atoms with E-state index in [-0.39, 0.29) is 29.8 Å². The number of hydrogen-bond donors (Lipinski definition) is 6. The van der Waals surface area contributed by atoms with Gasteiger partial charge in [0.1, 0.15) is 30.2 Å². The van der Waals surface area contributed by atoms with Gasteiger partial charge in [0.2, 0.25) is 5.91 Å². The monoisotopic (exact) mass is 474 g/mol. The highest BCUT2D eigenvalue weighted by molar-refractivity contribution is 7.85. The van der Waals surface area contributed by atoms with Crippen molar-refractivity contribution in [2.24, 2.45) is 11.5 Å². The standard InChI is InChI=1S/C15H22N8O8S/c16-6(1-2-8(17)24)14(27)22-32(28,29)30-3-7-10(25)11(26)15(31-7)23-5-21-9-12(18)19-4-20-13(9)23/h4-7,10-11,15,25-26H,1-3,16H2,(H2,17,24)(H,22,27)(H2,18,19,20)/t6-,7+,10?,11-,15+/m0/s1. The molecule has 0 spiro atoms. The second-order valence-electron chi connectivity index (χ2n) is 6.95. The van der Waals surface area contributed by atoms with Gasteiger partial charge in [0.05, 0.1) is 19.0 Å². The van der Waals surface area contributed by atoms with Crippen LogP contribution in [0.3, 0.4) is 0 Å². The van der Waals surface area contributed by atoms with Crippen LogP contribution in [-0.4, -0.2) is 80.9 Å². The zero-order chi connectivity index (χ0) is 23.6. The topological polar surface area (TPSA) is 261 Å². The number of nitrogens with one attached hydrogen (secondary N) is 1. The highest BCUT2D eigenvalue weighted by atomic mass is 32.2. The van der Waals surface area contributed by atoms with E-state index in [4.69, 9.17) is 21.9 Å². The zero-order valence-corrected chi connectivity index (χ0v) is 17.3. The first-order valence-corrected chi connectivity index (χ1v) is 10.6. The number of nitrogen functional groups attached to an aromatic ring is 1. The highest BCUT2D eigenvalue weighted by Gasteiger charge is 2.45. The predicted octanol–water partition coefficient (Wildman–Crippen LogP) is -4.00. The van der Waals surface area contributed by atoms with Crippen molar-refractivity contribution < 1.29 is 37.1 Å². The Morgan fingerprint density at radius 1 is 1.28 bits per heavy atom. The SMILES string of the molecule is NC(=O)CC[C@H](N)C(=O)NS(=O)(=O)OC[C@H]1O[C@@H](n2cnc3c(N)ncnc32)[C@@H](O)C1O. The molecular weight excluding hydrogens is 452 g/mol. The lowest BCUT2D eigenvalue weighted by molar-refractivity contribution is -0.121. The molecule has 17 heteroatoms. The van der Waals surface area contributed by atoms with Gasteiger partial charge in [-0.15, -0.1) is 0 Å². The molecule has 9 N–H and O–H groups in total. The van der Waals surface area contributed by atoms with Gasteiger partial charge in [0, 0.05) is 6.42 Å². The number of hydrogen-bond acceptors (Lipinski definition) is 13. The van der Waals surface area contributed by atoms with E-state index in [0.29, 0.717) is 0 Å². The minimum Gasteiger partial charge on any atom is -0.387 e. The Morgan fingerprint density at radius 2 is 2.00 bits per heavy atom. The van der Waals surface area contributed by atoms with E-state index < -0.39 is 59.3 Å². The molecule has 3 rings (SSSR count). The molecule has 5 atom stereocenters. The summed E-state index contributed by atoms with van der Waals surface area (Å²) in [5, 5.41) is 20.6. The van der Waals surface area contributed by atoms with Crippen molar-refractivity contribution in [2.45, 2.75) is 43.4 Å². The molecule has 0 aliphatic carbocycles. The number of aliphatic hydroxyl groups is 2. The number of amides is 2. The molecule has 1 saturated heterocycles. The molecule has 2 aromatic heterocycles. The van der Waals surface area contributed by atoms with Gasteiger partial charge in [-0.3, -0.25) is 18.3 Å². The first-order chi connectivity index (χ1) is 15.0. The second-order valence-corrected chi connectivity index (χ2v) is 8.29. The molecule has 16 nitrogen and oxygen atoms in total. The maximum absolute atomic E-state index is 12.0. The number of imidazole rings is 1. The maximum atomic E-state index is 12.0.